The Morgan fingerprint density at radius 3 is 1.69 bits per heavy atom. The first-order chi connectivity index (χ1) is 15.0. The van der Waals surface area contributed by atoms with Crippen LogP contribution in [0.3, 0.4) is 0 Å². The molecule has 0 bridgehead atoms. The molecule has 2 aromatic rings. The van der Waals surface area contributed by atoms with Crippen LogP contribution in [-0.2, 0) is 31.9 Å². The highest BCUT2D eigenvalue weighted by molar-refractivity contribution is 5.92. The molecule has 0 unspecified atom stereocenters. The Morgan fingerprint density at radius 1 is 0.750 bits per heavy atom. The first-order valence-corrected chi connectivity index (χ1v) is 10.1. The number of carbonyl (C=O) groups is 4. The van der Waals surface area contributed by atoms with Gasteiger partial charge in [-0.1, -0.05) is 18.2 Å². The van der Waals surface area contributed by atoms with Crippen molar-refractivity contribution in [2.24, 2.45) is 0 Å². The zero-order chi connectivity index (χ0) is 24.0. The van der Waals surface area contributed by atoms with E-state index in [2.05, 4.69) is 0 Å². The van der Waals surface area contributed by atoms with Crippen molar-refractivity contribution in [3.8, 4) is 11.1 Å². The molecule has 0 aromatic heterocycles. The third kappa shape index (κ3) is 6.41. The number of aromatic carboxylic acids is 2. The standard InChI is InChI=1S/C24H26O8/c1-13(31-15(3)25)11-21-19(17-5-7-18(8-6-17)23(27)28)9-10-20(24(29)30)22(21)12-14(2)32-16(4)26/h5-10,13-14H,11-12H2,1-4H3,(H,27,28)(H,29,30)/t13-,14-/m0/s1. The van der Waals surface area contributed by atoms with Gasteiger partial charge in [0.1, 0.15) is 12.2 Å². The Bertz CT molecular complexity index is 1020. The Kier molecular flexibility index (Phi) is 8.12. The summed E-state index contributed by atoms with van der Waals surface area (Å²) >= 11 is 0. The maximum Gasteiger partial charge on any atom is 0.335 e. The molecule has 0 spiro atoms. The van der Waals surface area contributed by atoms with E-state index in [0.717, 1.165) is 0 Å². The van der Waals surface area contributed by atoms with Gasteiger partial charge in [0, 0.05) is 26.7 Å². The van der Waals surface area contributed by atoms with Crippen LogP contribution in [0.1, 0.15) is 59.5 Å². The lowest BCUT2D eigenvalue weighted by atomic mass is 9.86. The van der Waals surface area contributed by atoms with Gasteiger partial charge in [0.2, 0.25) is 0 Å². The molecule has 2 N–H and O–H groups in total. The van der Waals surface area contributed by atoms with Crippen molar-refractivity contribution in [1.29, 1.82) is 0 Å². The number of carboxylic acid groups (broad SMARTS) is 2. The predicted molar refractivity (Wildman–Crippen MR) is 116 cm³/mol. The van der Waals surface area contributed by atoms with Crippen LogP contribution in [0.4, 0.5) is 0 Å². The Labute approximate surface area is 185 Å². The zero-order valence-electron chi connectivity index (χ0n) is 18.4. The van der Waals surface area contributed by atoms with Gasteiger partial charge in [-0.05, 0) is 54.3 Å². The van der Waals surface area contributed by atoms with Crippen LogP contribution < -0.4 is 0 Å². The summed E-state index contributed by atoms with van der Waals surface area (Å²) in [6.07, 6.45) is -0.766. The van der Waals surface area contributed by atoms with Gasteiger partial charge in [0.25, 0.3) is 0 Å². The SMILES string of the molecule is CC(=O)O[C@@H](C)Cc1c(C(=O)O)ccc(-c2ccc(C(=O)O)cc2)c1C[C@H](C)OC(C)=O. The van der Waals surface area contributed by atoms with Gasteiger partial charge in [0.05, 0.1) is 11.1 Å². The number of carbonyl (C=O) groups excluding carboxylic acids is 2. The van der Waals surface area contributed by atoms with E-state index in [1.54, 1.807) is 32.0 Å². The molecule has 0 saturated carbocycles. The van der Waals surface area contributed by atoms with E-state index < -0.39 is 36.1 Å². The highest BCUT2D eigenvalue weighted by Crippen LogP contribution is 2.32. The summed E-state index contributed by atoms with van der Waals surface area (Å²) < 4.78 is 10.5. The fraction of sp³-hybridized carbons (Fsp3) is 0.333. The first kappa shape index (κ1) is 24.6. The maximum absolute atomic E-state index is 12.0. The van der Waals surface area contributed by atoms with Crippen molar-refractivity contribution in [1.82, 2.24) is 0 Å². The highest BCUT2D eigenvalue weighted by Gasteiger charge is 2.23. The number of rotatable bonds is 9. The van der Waals surface area contributed by atoms with Crippen LogP contribution in [0.25, 0.3) is 11.1 Å². The van der Waals surface area contributed by atoms with Gasteiger partial charge in [0.15, 0.2) is 0 Å². The van der Waals surface area contributed by atoms with Gasteiger partial charge in [-0.15, -0.1) is 0 Å². The molecule has 0 saturated heterocycles. The number of benzene rings is 2. The van der Waals surface area contributed by atoms with Gasteiger partial charge in [-0.2, -0.15) is 0 Å². The summed E-state index contributed by atoms with van der Waals surface area (Å²) in [6, 6.07) is 9.32. The van der Waals surface area contributed by atoms with E-state index in [1.165, 1.54) is 32.0 Å². The summed E-state index contributed by atoms with van der Waals surface area (Å²) in [5.41, 5.74) is 2.62. The molecule has 2 aromatic carbocycles. The second-order valence-electron chi connectivity index (χ2n) is 7.55. The van der Waals surface area contributed by atoms with Crippen molar-refractivity contribution in [3.63, 3.8) is 0 Å². The fourth-order valence-corrected chi connectivity index (χ4v) is 3.65. The third-order valence-electron chi connectivity index (χ3n) is 4.82. The van der Waals surface area contributed by atoms with Crippen molar-refractivity contribution in [2.45, 2.75) is 52.7 Å². The third-order valence-corrected chi connectivity index (χ3v) is 4.82. The van der Waals surface area contributed by atoms with Crippen molar-refractivity contribution < 1.29 is 38.9 Å². The monoisotopic (exact) mass is 442 g/mol. The van der Waals surface area contributed by atoms with Gasteiger partial charge in [-0.3, -0.25) is 9.59 Å². The first-order valence-electron chi connectivity index (χ1n) is 10.1. The summed E-state index contributed by atoms with van der Waals surface area (Å²) in [4.78, 5) is 46.0. The number of esters is 2. The van der Waals surface area contributed by atoms with Gasteiger partial charge < -0.3 is 19.7 Å². The molecule has 0 aliphatic heterocycles. The van der Waals surface area contributed by atoms with Crippen molar-refractivity contribution >= 4 is 23.9 Å². The molecular formula is C24H26O8. The Balaban J connectivity index is 2.66. The van der Waals surface area contributed by atoms with Crippen LogP contribution in [0.5, 0.6) is 0 Å². The second kappa shape index (κ2) is 10.6. The van der Waals surface area contributed by atoms with Crippen LogP contribution in [0.15, 0.2) is 36.4 Å². The smallest absolute Gasteiger partial charge is 0.335 e. The predicted octanol–water partition coefficient (Wildman–Crippen LogP) is 3.74. The van der Waals surface area contributed by atoms with Crippen LogP contribution in [0.2, 0.25) is 0 Å². The zero-order valence-corrected chi connectivity index (χ0v) is 18.4. The quantitative estimate of drug-likeness (QED) is 0.562. The molecular weight excluding hydrogens is 416 g/mol. The van der Waals surface area contributed by atoms with E-state index in [0.29, 0.717) is 22.3 Å². The Morgan fingerprint density at radius 2 is 1.25 bits per heavy atom. The molecule has 8 nitrogen and oxygen atoms in total. The number of hydrogen-bond acceptors (Lipinski definition) is 6. The average molecular weight is 442 g/mol. The maximum atomic E-state index is 12.0. The number of ether oxygens (including phenoxy) is 2. The number of hydrogen-bond donors (Lipinski definition) is 2. The van der Waals surface area contributed by atoms with Crippen molar-refractivity contribution in [2.75, 3.05) is 0 Å². The van der Waals surface area contributed by atoms with E-state index in [1.807, 2.05) is 0 Å². The van der Waals surface area contributed by atoms with Crippen LogP contribution in [0, 0.1) is 0 Å². The molecule has 8 heteroatoms. The highest BCUT2D eigenvalue weighted by atomic mass is 16.5. The normalized spacial score (nSPS) is 12.5. The van der Waals surface area contributed by atoms with Crippen LogP contribution in [-0.4, -0.2) is 46.3 Å². The molecule has 0 fully saturated rings. The topological polar surface area (TPSA) is 127 Å². The summed E-state index contributed by atoms with van der Waals surface area (Å²) in [6.45, 7) is 5.93. The lowest BCUT2D eigenvalue weighted by Crippen LogP contribution is -2.21. The molecule has 0 amide bonds. The molecule has 2 atom stereocenters. The molecule has 0 aliphatic carbocycles. The Hall–Kier alpha value is -3.68. The number of carboxylic acids is 2. The fourth-order valence-electron chi connectivity index (χ4n) is 3.65. The molecule has 32 heavy (non-hydrogen) atoms. The minimum atomic E-state index is -1.14. The van der Waals surface area contributed by atoms with Gasteiger partial charge in [-0.25, -0.2) is 9.59 Å². The van der Waals surface area contributed by atoms with E-state index in [4.69, 9.17) is 14.6 Å². The molecule has 2 rings (SSSR count). The minimum absolute atomic E-state index is 0.0555. The van der Waals surface area contributed by atoms with Crippen molar-refractivity contribution in [3.05, 3.63) is 58.7 Å². The average Bonchev–Trinajstić information content (AvgIpc) is 2.67. The lowest BCUT2D eigenvalue weighted by molar-refractivity contribution is -0.146. The van der Waals surface area contributed by atoms with Crippen LogP contribution >= 0.6 is 0 Å². The lowest BCUT2D eigenvalue weighted by Gasteiger charge is -2.22. The minimum Gasteiger partial charge on any atom is -0.478 e. The summed E-state index contributed by atoms with van der Waals surface area (Å²) in [7, 11) is 0. The largest absolute Gasteiger partial charge is 0.478 e. The van der Waals surface area contributed by atoms with Gasteiger partial charge >= 0.3 is 23.9 Å². The molecule has 170 valence electrons. The second-order valence-corrected chi connectivity index (χ2v) is 7.55. The molecule has 0 aliphatic rings. The van der Waals surface area contributed by atoms with E-state index in [9.17, 15) is 24.3 Å². The molecule has 0 radical (unpaired) electrons. The van der Waals surface area contributed by atoms with E-state index in [-0.39, 0.29) is 24.0 Å². The molecule has 0 heterocycles. The summed E-state index contributed by atoms with van der Waals surface area (Å²) in [5.74, 6) is -3.14. The van der Waals surface area contributed by atoms with E-state index >= 15 is 0 Å². The summed E-state index contributed by atoms with van der Waals surface area (Å²) in [5, 5.41) is 18.9.